The molecule has 0 atom stereocenters. The molecule has 2 rings (SSSR count). The Bertz CT molecular complexity index is 894. The lowest BCUT2D eigenvalue weighted by Gasteiger charge is -2.14. The van der Waals surface area contributed by atoms with Crippen LogP contribution < -0.4 is 20.6 Å². The highest BCUT2D eigenvalue weighted by molar-refractivity contribution is 7.17. The summed E-state index contributed by atoms with van der Waals surface area (Å²) in [4.78, 5) is 27.2. The summed E-state index contributed by atoms with van der Waals surface area (Å²) in [7, 11) is 1.38. The number of nitro groups is 1. The number of nitro benzene ring substituents is 1. The number of nitrogens with two attached hydrogens (primary N) is 1. The maximum absolute atomic E-state index is 12.1. The molecule has 0 aliphatic heterocycles. The molecule has 144 valence electrons. The largest absolute Gasteiger partial charge is 0.493 e. The van der Waals surface area contributed by atoms with E-state index in [1.165, 1.54) is 25.5 Å². The lowest BCUT2D eigenvalue weighted by molar-refractivity contribution is -0.386. The fourth-order valence-corrected chi connectivity index (χ4v) is 2.89. The minimum Gasteiger partial charge on any atom is -0.493 e. The summed E-state index contributed by atoms with van der Waals surface area (Å²) in [5.41, 5.74) is 8.49. The third-order valence-corrected chi connectivity index (χ3v) is 4.21. The Hall–Kier alpha value is -3.21. The van der Waals surface area contributed by atoms with Crippen LogP contribution in [-0.2, 0) is 0 Å². The van der Waals surface area contributed by atoms with Gasteiger partial charge in [-0.2, -0.15) is 5.10 Å². The Morgan fingerprint density at radius 2 is 2.19 bits per heavy atom. The first-order valence-electron chi connectivity index (χ1n) is 7.82. The number of aromatic nitrogens is 1. The average Bonchev–Trinajstić information content (AvgIpc) is 2.93. The SMILES string of the molecule is COc1cc(/C=N\NC(=O)c2sc(N)nc2C)cc([N+](=O)[O-])c1OC(C)C. The first-order chi connectivity index (χ1) is 12.7. The highest BCUT2D eigenvalue weighted by Crippen LogP contribution is 2.38. The maximum atomic E-state index is 12.1. The van der Waals surface area contributed by atoms with Gasteiger partial charge in [-0.1, -0.05) is 11.3 Å². The van der Waals surface area contributed by atoms with Crippen molar-refractivity contribution >= 4 is 34.3 Å². The van der Waals surface area contributed by atoms with E-state index in [2.05, 4.69) is 15.5 Å². The first-order valence-corrected chi connectivity index (χ1v) is 8.64. The third kappa shape index (κ3) is 4.91. The standard InChI is InChI=1S/C16H19N5O5S/c1-8(2)26-13-11(21(23)24)5-10(6-12(13)25-4)7-18-20-15(22)14-9(3)19-16(17)27-14/h5-8H,1-4H3,(H2,17,19)(H,20,22)/b18-7-. The van der Waals surface area contributed by atoms with Crippen LogP contribution in [0.1, 0.15) is 34.8 Å². The molecule has 0 unspecified atom stereocenters. The van der Waals surface area contributed by atoms with Crippen LogP contribution in [0.15, 0.2) is 17.2 Å². The highest BCUT2D eigenvalue weighted by Gasteiger charge is 2.23. The predicted octanol–water partition coefficient (Wildman–Crippen LogP) is 2.50. The van der Waals surface area contributed by atoms with Crippen LogP contribution in [-0.4, -0.2) is 35.2 Å². The second-order valence-electron chi connectivity index (χ2n) is 5.66. The highest BCUT2D eigenvalue weighted by atomic mass is 32.1. The van der Waals surface area contributed by atoms with Crippen molar-refractivity contribution in [2.45, 2.75) is 26.9 Å². The molecule has 0 fully saturated rings. The monoisotopic (exact) mass is 393 g/mol. The second-order valence-corrected chi connectivity index (χ2v) is 6.69. The number of hydrazone groups is 1. The normalized spacial score (nSPS) is 11.0. The van der Waals surface area contributed by atoms with Crippen LogP contribution in [0.5, 0.6) is 11.5 Å². The minimum absolute atomic E-state index is 0.0365. The number of aryl methyl sites for hydroxylation is 1. The van der Waals surface area contributed by atoms with Crippen molar-refractivity contribution in [2.75, 3.05) is 12.8 Å². The van der Waals surface area contributed by atoms with Crippen LogP contribution in [0.2, 0.25) is 0 Å². The Labute approximate surface area is 159 Å². The number of amides is 1. The van der Waals surface area contributed by atoms with Gasteiger partial charge >= 0.3 is 5.69 Å². The predicted molar refractivity (Wildman–Crippen MR) is 102 cm³/mol. The van der Waals surface area contributed by atoms with Crippen molar-refractivity contribution in [3.8, 4) is 11.5 Å². The Kier molecular flexibility index (Phi) is 6.29. The Morgan fingerprint density at radius 3 is 2.70 bits per heavy atom. The first kappa shape index (κ1) is 20.1. The van der Waals surface area contributed by atoms with E-state index in [-0.39, 0.29) is 28.4 Å². The second kappa shape index (κ2) is 8.45. The number of nitrogens with one attached hydrogen (secondary N) is 1. The molecule has 1 aromatic heterocycles. The summed E-state index contributed by atoms with van der Waals surface area (Å²) in [6.07, 6.45) is 0.998. The minimum atomic E-state index is -0.570. The van der Waals surface area contributed by atoms with Crippen molar-refractivity contribution in [1.29, 1.82) is 0 Å². The van der Waals surface area contributed by atoms with Crippen LogP contribution in [0.25, 0.3) is 0 Å². The Morgan fingerprint density at radius 1 is 1.48 bits per heavy atom. The van der Waals surface area contributed by atoms with E-state index in [1.54, 1.807) is 20.8 Å². The summed E-state index contributed by atoms with van der Waals surface area (Å²) in [5, 5.41) is 15.5. The molecule has 0 bridgehead atoms. The number of methoxy groups -OCH3 is 1. The molecule has 3 N–H and O–H groups in total. The molecule has 2 aromatic rings. The summed E-state index contributed by atoms with van der Waals surface area (Å²) in [6.45, 7) is 5.16. The molecule has 10 nitrogen and oxygen atoms in total. The molecular weight excluding hydrogens is 374 g/mol. The molecule has 1 amide bonds. The number of hydrogen-bond acceptors (Lipinski definition) is 9. The van der Waals surface area contributed by atoms with Crippen molar-refractivity contribution in [3.05, 3.63) is 38.4 Å². The molecule has 1 aromatic carbocycles. The van der Waals surface area contributed by atoms with E-state index in [0.717, 1.165) is 11.3 Å². The number of carbonyl (C=O) groups excluding carboxylic acids is 1. The average molecular weight is 393 g/mol. The number of hydrogen-bond donors (Lipinski definition) is 2. The zero-order valence-corrected chi connectivity index (χ0v) is 16.0. The summed E-state index contributed by atoms with van der Waals surface area (Å²) >= 11 is 1.04. The molecule has 0 aliphatic carbocycles. The van der Waals surface area contributed by atoms with Gasteiger partial charge in [-0.25, -0.2) is 10.4 Å². The molecule has 0 spiro atoms. The van der Waals surface area contributed by atoms with Crippen molar-refractivity contribution in [3.63, 3.8) is 0 Å². The number of ether oxygens (including phenoxy) is 2. The number of anilines is 1. The molecule has 11 heteroatoms. The van der Waals surface area contributed by atoms with E-state index in [1.807, 2.05) is 0 Å². The lowest BCUT2D eigenvalue weighted by Crippen LogP contribution is -2.17. The van der Waals surface area contributed by atoms with E-state index < -0.39 is 10.8 Å². The molecule has 0 saturated heterocycles. The zero-order chi connectivity index (χ0) is 20.1. The number of thiazole rings is 1. The van der Waals surface area contributed by atoms with Gasteiger partial charge in [-0.05, 0) is 26.8 Å². The fraction of sp³-hybridized carbons (Fsp3) is 0.312. The third-order valence-electron chi connectivity index (χ3n) is 3.23. The van der Waals surface area contributed by atoms with E-state index in [9.17, 15) is 14.9 Å². The van der Waals surface area contributed by atoms with E-state index >= 15 is 0 Å². The molecule has 1 heterocycles. The quantitative estimate of drug-likeness (QED) is 0.418. The van der Waals surface area contributed by atoms with Gasteiger partial charge in [0, 0.05) is 11.6 Å². The number of nitrogen functional groups attached to an aromatic ring is 1. The van der Waals surface area contributed by atoms with Gasteiger partial charge in [0.2, 0.25) is 5.75 Å². The van der Waals surface area contributed by atoms with Gasteiger partial charge in [0.05, 0.1) is 30.0 Å². The smallest absolute Gasteiger partial charge is 0.315 e. The van der Waals surface area contributed by atoms with Gasteiger partial charge in [-0.15, -0.1) is 0 Å². The van der Waals surface area contributed by atoms with Crippen molar-refractivity contribution < 1.29 is 19.2 Å². The van der Waals surface area contributed by atoms with Crippen LogP contribution >= 0.6 is 11.3 Å². The number of carbonyl (C=O) groups is 1. The van der Waals surface area contributed by atoms with Crippen LogP contribution in [0, 0.1) is 17.0 Å². The van der Waals surface area contributed by atoms with Gasteiger partial charge in [0.15, 0.2) is 10.9 Å². The van der Waals surface area contributed by atoms with Gasteiger partial charge < -0.3 is 15.2 Å². The summed E-state index contributed by atoms with van der Waals surface area (Å²) < 4.78 is 10.7. The van der Waals surface area contributed by atoms with E-state index in [4.69, 9.17) is 15.2 Å². The van der Waals surface area contributed by atoms with Crippen molar-refractivity contribution in [1.82, 2.24) is 10.4 Å². The van der Waals surface area contributed by atoms with Crippen LogP contribution in [0.3, 0.4) is 0 Å². The molecule has 0 aliphatic rings. The lowest BCUT2D eigenvalue weighted by atomic mass is 10.2. The summed E-state index contributed by atoms with van der Waals surface area (Å²) in [5.74, 6) is -0.245. The zero-order valence-electron chi connectivity index (χ0n) is 15.2. The topological polar surface area (TPSA) is 142 Å². The molecule has 0 radical (unpaired) electrons. The fourth-order valence-electron chi connectivity index (χ4n) is 2.17. The van der Waals surface area contributed by atoms with Gasteiger partial charge in [0.1, 0.15) is 4.88 Å². The number of nitrogens with zero attached hydrogens (tertiary/aromatic N) is 3. The van der Waals surface area contributed by atoms with Gasteiger partial charge in [0.25, 0.3) is 5.91 Å². The van der Waals surface area contributed by atoms with Crippen LogP contribution in [0.4, 0.5) is 10.8 Å². The molecule has 27 heavy (non-hydrogen) atoms. The van der Waals surface area contributed by atoms with Crippen molar-refractivity contribution in [2.24, 2.45) is 5.10 Å². The molecule has 0 saturated carbocycles. The van der Waals surface area contributed by atoms with Gasteiger partial charge in [-0.3, -0.25) is 14.9 Å². The Balaban J connectivity index is 2.26. The van der Waals surface area contributed by atoms with E-state index in [0.29, 0.717) is 16.1 Å². The summed E-state index contributed by atoms with van der Waals surface area (Å²) in [6, 6.07) is 2.81. The number of benzene rings is 1. The number of rotatable bonds is 7. The maximum Gasteiger partial charge on any atom is 0.315 e. The molecular formula is C16H19N5O5S.